The number of likely N-dealkylation sites (N-methyl/N-ethyl adjacent to an activating group) is 1. The van der Waals surface area contributed by atoms with Crippen molar-refractivity contribution < 1.29 is 9.52 Å². The highest BCUT2D eigenvalue weighted by Gasteiger charge is 2.10. The molecule has 2 rings (SSSR count). The zero-order valence-corrected chi connectivity index (χ0v) is 8.60. The summed E-state index contributed by atoms with van der Waals surface area (Å²) in [6.07, 6.45) is 1.43. The Morgan fingerprint density at radius 3 is 3.13 bits per heavy atom. The van der Waals surface area contributed by atoms with Crippen LogP contribution < -0.4 is 5.32 Å². The summed E-state index contributed by atoms with van der Waals surface area (Å²) in [5, 5.41) is 12.4. The van der Waals surface area contributed by atoms with E-state index in [1.165, 1.54) is 6.39 Å². The SMILES string of the molecule is CCNC(CO)c1ccc2ncoc2c1. The Morgan fingerprint density at radius 2 is 2.40 bits per heavy atom. The second-order valence-corrected chi connectivity index (χ2v) is 3.37. The molecule has 1 aromatic heterocycles. The van der Waals surface area contributed by atoms with Crippen molar-refractivity contribution in [3.8, 4) is 0 Å². The van der Waals surface area contributed by atoms with Gasteiger partial charge in [-0.3, -0.25) is 0 Å². The minimum atomic E-state index is -0.0375. The second-order valence-electron chi connectivity index (χ2n) is 3.37. The zero-order valence-electron chi connectivity index (χ0n) is 8.60. The maximum Gasteiger partial charge on any atom is 0.181 e. The van der Waals surface area contributed by atoms with E-state index in [0.29, 0.717) is 0 Å². The van der Waals surface area contributed by atoms with Crippen LogP contribution >= 0.6 is 0 Å². The molecule has 0 radical (unpaired) electrons. The highest BCUT2D eigenvalue weighted by molar-refractivity contribution is 5.72. The molecule has 0 saturated carbocycles. The summed E-state index contributed by atoms with van der Waals surface area (Å²) in [7, 11) is 0. The maximum absolute atomic E-state index is 9.22. The van der Waals surface area contributed by atoms with E-state index < -0.39 is 0 Å². The van der Waals surface area contributed by atoms with Gasteiger partial charge in [0.05, 0.1) is 12.6 Å². The molecule has 0 aliphatic rings. The number of nitrogens with one attached hydrogen (secondary N) is 1. The Balaban J connectivity index is 2.33. The summed E-state index contributed by atoms with van der Waals surface area (Å²) in [5.74, 6) is 0. The summed E-state index contributed by atoms with van der Waals surface area (Å²) in [6.45, 7) is 2.91. The van der Waals surface area contributed by atoms with Gasteiger partial charge in [-0.2, -0.15) is 0 Å². The molecule has 0 amide bonds. The molecule has 1 atom stereocenters. The number of fused-ring (bicyclic) bond motifs is 1. The van der Waals surface area contributed by atoms with E-state index in [2.05, 4.69) is 10.3 Å². The van der Waals surface area contributed by atoms with Crippen LogP contribution in [0.3, 0.4) is 0 Å². The van der Waals surface area contributed by atoms with Gasteiger partial charge in [0.1, 0.15) is 5.52 Å². The Hall–Kier alpha value is -1.39. The number of rotatable bonds is 4. The number of aromatic nitrogens is 1. The first-order valence-corrected chi connectivity index (χ1v) is 5.02. The van der Waals surface area contributed by atoms with E-state index in [9.17, 15) is 5.11 Å². The molecule has 2 aromatic rings. The van der Waals surface area contributed by atoms with Gasteiger partial charge < -0.3 is 14.8 Å². The Labute approximate surface area is 87.9 Å². The minimum absolute atomic E-state index is 0.0375. The lowest BCUT2D eigenvalue weighted by Gasteiger charge is -2.14. The molecule has 0 spiro atoms. The van der Waals surface area contributed by atoms with Crippen molar-refractivity contribution in [2.24, 2.45) is 0 Å². The quantitative estimate of drug-likeness (QED) is 0.795. The average Bonchev–Trinajstić information content (AvgIpc) is 2.72. The lowest BCUT2D eigenvalue weighted by Crippen LogP contribution is -2.23. The fourth-order valence-electron chi connectivity index (χ4n) is 1.62. The minimum Gasteiger partial charge on any atom is -0.443 e. The first-order chi connectivity index (χ1) is 7.35. The number of hydrogen-bond acceptors (Lipinski definition) is 4. The van der Waals surface area contributed by atoms with Crippen molar-refractivity contribution in [3.63, 3.8) is 0 Å². The van der Waals surface area contributed by atoms with Crippen LogP contribution in [0, 0.1) is 0 Å². The fraction of sp³-hybridized carbons (Fsp3) is 0.364. The van der Waals surface area contributed by atoms with Crippen molar-refractivity contribution in [2.75, 3.05) is 13.2 Å². The van der Waals surface area contributed by atoms with E-state index in [4.69, 9.17) is 4.42 Å². The molecule has 0 aliphatic carbocycles. The topological polar surface area (TPSA) is 58.3 Å². The Morgan fingerprint density at radius 1 is 1.53 bits per heavy atom. The third-order valence-corrected chi connectivity index (χ3v) is 2.39. The van der Waals surface area contributed by atoms with Gasteiger partial charge in [-0.15, -0.1) is 0 Å². The van der Waals surface area contributed by atoms with Crippen LogP contribution in [0.15, 0.2) is 29.0 Å². The second kappa shape index (κ2) is 4.42. The van der Waals surface area contributed by atoms with Crippen LogP contribution in [0.4, 0.5) is 0 Å². The van der Waals surface area contributed by atoms with E-state index in [-0.39, 0.29) is 12.6 Å². The van der Waals surface area contributed by atoms with Crippen molar-refractivity contribution >= 4 is 11.1 Å². The van der Waals surface area contributed by atoms with Gasteiger partial charge in [0.15, 0.2) is 12.0 Å². The largest absolute Gasteiger partial charge is 0.443 e. The number of aliphatic hydroxyl groups excluding tert-OH is 1. The Kier molecular flexibility index (Phi) is 2.99. The molecular weight excluding hydrogens is 192 g/mol. The average molecular weight is 206 g/mol. The van der Waals surface area contributed by atoms with E-state index in [0.717, 1.165) is 23.2 Å². The van der Waals surface area contributed by atoms with Crippen molar-refractivity contribution in [1.29, 1.82) is 0 Å². The first kappa shape index (κ1) is 10.1. The van der Waals surface area contributed by atoms with Crippen LogP contribution in [0.1, 0.15) is 18.5 Å². The fourth-order valence-corrected chi connectivity index (χ4v) is 1.62. The smallest absolute Gasteiger partial charge is 0.181 e. The van der Waals surface area contributed by atoms with Crippen LogP contribution in [-0.2, 0) is 0 Å². The van der Waals surface area contributed by atoms with E-state index in [1.54, 1.807) is 0 Å². The van der Waals surface area contributed by atoms with Gasteiger partial charge in [0, 0.05) is 0 Å². The van der Waals surface area contributed by atoms with Crippen molar-refractivity contribution in [3.05, 3.63) is 30.2 Å². The summed E-state index contributed by atoms with van der Waals surface area (Å²) in [6, 6.07) is 5.72. The summed E-state index contributed by atoms with van der Waals surface area (Å²) in [5.41, 5.74) is 2.61. The number of benzene rings is 1. The molecule has 0 aliphatic heterocycles. The molecule has 0 saturated heterocycles. The lowest BCUT2D eigenvalue weighted by molar-refractivity contribution is 0.246. The zero-order chi connectivity index (χ0) is 10.7. The molecule has 15 heavy (non-hydrogen) atoms. The molecule has 1 aromatic carbocycles. The summed E-state index contributed by atoms with van der Waals surface area (Å²) < 4.78 is 5.21. The monoisotopic (exact) mass is 206 g/mol. The molecule has 1 unspecified atom stereocenters. The number of nitrogens with zero attached hydrogens (tertiary/aromatic N) is 1. The van der Waals surface area contributed by atoms with Crippen LogP contribution in [0.25, 0.3) is 11.1 Å². The van der Waals surface area contributed by atoms with Crippen LogP contribution in [-0.4, -0.2) is 23.2 Å². The lowest BCUT2D eigenvalue weighted by atomic mass is 10.1. The predicted octanol–water partition coefficient (Wildman–Crippen LogP) is 1.47. The molecule has 1 heterocycles. The van der Waals surface area contributed by atoms with E-state index in [1.807, 2.05) is 25.1 Å². The van der Waals surface area contributed by atoms with Crippen molar-refractivity contribution in [1.82, 2.24) is 10.3 Å². The molecule has 0 fully saturated rings. The van der Waals surface area contributed by atoms with E-state index >= 15 is 0 Å². The standard InChI is InChI=1S/C11H14N2O2/c1-2-12-10(6-14)8-3-4-9-11(5-8)15-7-13-9/h3-5,7,10,12,14H,2,6H2,1H3. The highest BCUT2D eigenvalue weighted by Crippen LogP contribution is 2.19. The highest BCUT2D eigenvalue weighted by atomic mass is 16.3. The van der Waals surface area contributed by atoms with Gasteiger partial charge in [-0.05, 0) is 24.2 Å². The van der Waals surface area contributed by atoms with Crippen LogP contribution in [0.5, 0.6) is 0 Å². The van der Waals surface area contributed by atoms with Gasteiger partial charge >= 0.3 is 0 Å². The molecule has 4 heteroatoms. The van der Waals surface area contributed by atoms with Gasteiger partial charge in [0.25, 0.3) is 0 Å². The summed E-state index contributed by atoms with van der Waals surface area (Å²) >= 11 is 0. The summed E-state index contributed by atoms with van der Waals surface area (Å²) in [4.78, 5) is 4.04. The first-order valence-electron chi connectivity index (χ1n) is 5.02. The van der Waals surface area contributed by atoms with Gasteiger partial charge in [-0.1, -0.05) is 13.0 Å². The molecule has 4 nitrogen and oxygen atoms in total. The van der Waals surface area contributed by atoms with Crippen LogP contribution in [0.2, 0.25) is 0 Å². The number of oxazole rings is 1. The molecule has 80 valence electrons. The predicted molar refractivity (Wildman–Crippen MR) is 57.5 cm³/mol. The number of hydrogen-bond donors (Lipinski definition) is 2. The van der Waals surface area contributed by atoms with Gasteiger partial charge in [-0.25, -0.2) is 4.98 Å². The molecule has 2 N–H and O–H groups in total. The third-order valence-electron chi connectivity index (χ3n) is 2.39. The maximum atomic E-state index is 9.22. The normalized spacial score (nSPS) is 13.2. The number of aliphatic hydroxyl groups is 1. The molecular formula is C11H14N2O2. The third kappa shape index (κ3) is 2.00. The van der Waals surface area contributed by atoms with Crippen molar-refractivity contribution in [2.45, 2.75) is 13.0 Å². The van der Waals surface area contributed by atoms with Gasteiger partial charge in [0.2, 0.25) is 0 Å². The Bertz CT molecular complexity index is 439. The molecule has 0 bridgehead atoms.